The van der Waals surface area contributed by atoms with Gasteiger partial charge in [-0.25, -0.2) is 13.6 Å². The number of aliphatic hydroxyl groups excluding tert-OH is 1. The van der Waals surface area contributed by atoms with Crippen LogP contribution in [0, 0.1) is 5.92 Å². The molecule has 3 atom stereocenters. The number of fused-ring (bicyclic) bond motifs is 1. The number of β-lactam (4-membered cyclic amide) rings is 1. The van der Waals surface area contributed by atoms with Crippen LogP contribution in [0.2, 0.25) is 0 Å². The van der Waals surface area contributed by atoms with Crippen LogP contribution in [0.3, 0.4) is 0 Å². The average molecular weight is 390 g/mol. The van der Waals surface area contributed by atoms with Gasteiger partial charge in [-0.15, -0.1) is 11.8 Å². The van der Waals surface area contributed by atoms with Gasteiger partial charge in [0, 0.05) is 0 Å². The molecule has 0 saturated carbocycles. The Labute approximate surface area is 164 Å². The minimum atomic E-state index is -3.55. The van der Waals surface area contributed by atoms with E-state index in [9.17, 15) is 28.2 Å². The second-order valence-corrected chi connectivity index (χ2v) is 9.20. The number of carbonyl (C=O) groups excluding carboxylic acids is 2. The summed E-state index contributed by atoms with van der Waals surface area (Å²) in [6, 6.07) is 0. The molecule has 23 heavy (non-hydrogen) atoms. The molecule has 0 unspecified atom stereocenters. The summed E-state index contributed by atoms with van der Waals surface area (Å²) in [7, 11) is -3.55. The van der Waals surface area contributed by atoms with Gasteiger partial charge < -0.3 is 15.0 Å². The van der Waals surface area contributed by atoms with E-state index in [2.05, 4.69) is 0 Å². The Bertz CT molecular complexity index is 636. The Morgan fingerprint density at radius 3 is 2.65 bits per heavy atom. The van der Waals surface area contributed by atoms with Crippen LogP contribution in [0.1, 0.15) is 13.3 Å². The van der Waals surface area contributed by atoms with Gasteiger partial charge in [0.15, 0.2) is 0 Å². The van der Waals surface area contributed by atoms with Crippen molar-refractivity contribution < 1.29 is 57.8 Å². The maximum absolute atomic E-state index is 11.9. The van der Waals surface area contributed by atoms with Gasteiger partial charge >= 0.3 is 29.6 Å². The summed E-state index contributed by atoms with van der Waals surface area (Å²) in [6.07, 6.45) is -0.595. The van der Waals surface area contributed by atoms with Crippen molar-refractivity contribution in [2.24, 2.45) is 11.1 Å². The Hall–Kier alpha value is 0.250. The molecule has 2 rings (SSSR count). The first-order valence-electron chi connectivity index (χ1n) is 6.40. The predicted octanol–water partition coefficient (Wildman–Crippen LogP) is -4.77. The van der Waals surface area contributed by atoms with E-state index in [1.165, 1.54) is 18.7 Å². The van der Waals surface area contributed by atoms with Crippen molar-refractivity contribution in [1.29, 1.82) is 0 Å². The SMILES string of the molecule is C[C@@H](O)[C@H]1C(=O)N2C(C(=O)[O-])=C(SCCCS(N)(=O)=O)S[C@H]12.[Na+]. The first kappa shape index (κ1) is 21.3. The first-order valence-corrected chi connectivity index (χ1v) is 9.98. The second kappa shape index (κ2) is 8.09. The molecular formula is C11H15N2NaO6S3. The van der Waals surface area contributed by atoms with Crippen LogP contribution < -0.4 is 39.8 Å². The monoisotopic (exact) mass is 390 g/mol. The second-order valence-electron chi connectivity index (χ2n) is 4.98. The molecule has 0 aromatic heterocycles. The van der Waals surface area contributed by atoms with Gasteiger partial charge in [-0.3, -0.25) is 9.69 Å². The van der Waals surface area contributed by atoms with Gasteiger partial charge in [-0.05, 0) is 19.1 Å². The molecule has 12 heteroatoms. The van der Waals surface area contributed by atoms with Crippen LogP contribution >= 0.6 is 23.5 Å². The number of sulfonamides is 1. The van der Waals surface area contributed by atoms with E-state index in [0.717, 1.165) is 16.7 Å². The number of rotatable bonds is 7. The quantitative estimate of drug-likeness (QED) is 0.251. The number of carbonyl (C=O) groups is 2. The van der Waals surface area contributed by atoms with Crippen LogP contribution in [0.5, 0.6) is 0 Å². The van der Waals surface area contributed by atoms with Gasteiger partial charge in [0.2, 0.25) is 15.9 Å². The maximum atomic E-state index is 11.9. The summed E-state index contributed by atoms with van der Waals surface area (Å²) in [5, 5.41) is 25.3. The molecule has 1 fully saturated rings. The van der Waals surface area contributed by atoms with E-state index in [0.29, 0.717) is 9.99 Å². The smallest absolute Gasteiger partial charge is 0.543 e. The van der Waals surface area contributed by atoms with Gasteiger partial charge in [0.25, 0.3) is 0 Å². The number of thioether (sulfide) groups is 2. The summed E-state index contributed by atoms with van der Waals surface area (Å²) in [4.78, 5) is 24.3. The van der Waals surface area contributed by atoms with E-state index in [1.807, 2.05) is 0 Å². The number of aliphatic hydroxyl groups is 1. The molecule has 124 valence electrons. The fourth-order valence-electron chi connectivity index (χ4n) is 2.27. The normalized spacial score (nSPS) is 24.8. The zero-order valence-electron chi connectivity index (χ0n) is 12.6. The van der Waals surface area contributed by atoms with E-state index in [4.69, 9.17) is 5.14 Å². The molecule has 8 nitrogen and oxygen atoms in total. The number of primary sulfonamides is 1. The third-order valence-electron chi connectivity index (χ3n) is 3.27. The number of hydrogen-bond acceptors (Lipinski definition) is 8. The van der Waals surface area contributed by atoms with Gasteiger partial charge in [-0.1, -0.05) is 11.8 Å². The number of nitrogens with two attached hydrogens (primary N) is 1. The van der Waals surface area contributed by atoms with E-state index >= 15 is 0 Å². The third kappa shape index (κ3) is 4.66. The third-order valence-corrected chi connectivity index (χ3v) is 6.87. The van der Waals surface area contributed by atoms with Crippen molar-refractivity contribution in [2.45, 2.75) is 24.8 Å². The number of aliphatic carboxylic acids is 1. The van der Waals surface area contributed by atoms with E-state index in [1.54, 1.807) is 0 Å². The van der Waals surface area contributed by atoms with E-state index in [-0.39, 0.29) is 47.4 Å². The largest absolute Gasteiger partial charge is 1.00 e. The van der Waals surface area contributed by atoms with Crippen molar-refractivity contribution in [2.75, 3.05) is 11.5 Å². The molecule has 1 saturated heterocycles. The summed E-state index contributed by atoms with van der Waals surface area (Å²) >= 11 is 2.33. The van der Waals surface area contributed by atoms with Crippen LogP contribution in [-0.2, 0) is 19.6 Å². The van der Waals surface area contributed by atoms with Crippen molar-refractivity contribution in [3.05, 3.63) is 9.93 Å². The molecule has 2 heterocycles. The summed E-state index contributed by atoms with van der Waals surface area (Å²) < 4.78 is 22.1. The Morgan fingerprint density at radius 1 is 1.57 bits per heavy atom. The Balaban J connectivity index is 0.00000264. The van der Waals surface area contributed by atoms with Gasteiger partial charge in [-0.2, -0.15) is 0 Å². The molecule has 1 amide bonds. The molecule has 2 aliphatic heterocycles. The Morgan fingerprint density at radius 2 is 2.17 bits per heavy atom. The molecule has 0 spiro atoms. The average Bonchev–Trinajstić information content (AvgIpc) is 2.67. The molecule has 2 aliphatic rings. The number of carboxylic acids is 1. The zero-order chi connectivity index (χ0) is 16.7. The molecular weight excluding hydrogens is 375 g/mol. The van der Waals surface area contributed by atoms with Crippen molar-refractivity contribution in [3.8, 4) is 0 Å². The summed E-state index contributed by atoms with van der Waals surface area (Å²) in [6.45, 7) is 1.48. The van der Waals surface area contributed by atoms with Crippen LogP contribution in [-0.4, -0.2) is 53.3 Å². The van der Waals surface area contributed by atoms with Crippen molar-refractivity contribution in [3.63, 3.8) is 0 Å². The molecule has 3 N–H and O–H groups in total. The van der Waals surface area contributed by atoms with Gasteiger partial charge in [0.1, 0.15) is 5.37 Å². The molecule has 0 aromatic carbocycles. The maximum Gasteiger partial charge on any atom is 1.00 e. The molecule has 0 aromatic rings. The number of carboxylic acid groups (broad SMARTS) is 1. The standard InChI is InChI=1S/C11H16N2O6S3.Na/c1-5(14)6-8(15)13-7(10(16)17)11(21-9(6)13)20-3-2-4-22(12,18)19;/h5-6,9,14H,2-4H2,1H3,(H,16,17)(H2,12,18,19);/q;+1/p-1/t5-,6+,9-;/m1./s1. The van der Waals surface area contributed by atoms with Crippen LogP contribution in [0.4, 0.5) is 0 Å². The van der Waals surface area contributed by atoms with E-state index < -0.39 is 39.3 Å². The first-order chi connectivity index (χ1) is 10.1. The summed E-state index contributed by atoms with van der Waals surface area (Å²) in [5.74, 6) is -2.38. The topological polar surface area (TPSA) is 141 Å². The minimum Gasteiger partial charge on any atom is -0.543 e. The van der Waals surface area contributed by atoms with Crippen molar-refractivity contribution >= 4 is 45.4 Å². The fourth-order valence-corrected chi connectivity index (χ4v) is 5.92. The number of hydrogen-bond donors (Lipinski definition) is 2. The van der Waals surface area contributed by atoms with Crippen LogP contribution in [0.25, 0.3) is 0 Å². The number of amides is 1. The van der Waals surface area contributed by atoms with Crippen LogP contribution in [0.15, 0.2) is 9.93 Å². The van der Waals surface area contributed by atoms with Crippen molar-refractivity contribution in [1.82, 2.24) is 4.90 Å². The zero-order valence-corrected chi connectivity index (χ0v) is 17.0. The number of nitrogens with zero attached hydrogens (tertiary/aromatic N) is 1. The van der Waals surface area contributed by atoms with Gasteiger partial charge in [0.05, 0.1) is 33.7 Å². The fraction of sp³-hybridized carbons (Fsp3) is 0.636. The molecule has 0 radical (unpaired) electrons. The predicted molar refractivity (Wildman–Crippen MR) is 80.5 cm³/mol. The minimum absolute atomic E-state index is 0. The summed E-state index contributed by atoms with van der Waals surface area (Å²) in [5.41, 5.74) is -0.197. The Kier molecular flexibility index (Phi) is 7.49. The molecule has 0 bridgehead atoms. The molecule has 0 aliphatic carbocycles.